The number of nitrogens with zero attached hydrogens (tertiary/aromatic N) is 1. The molecule has 1 saturated heterocycles. The molecule has 0 aromatic heterocycles. The lowest BCUT2D eigenvalue weighted by molar-refractivity contribution is 0.0704. The second kappa shape index (κ2) is 7.02. The Morgan fingerprint density at radius 2 is 1.70 bits per heavy atom. The number of likely N-dealkylation sites (tertiary alicyclic amines) is 1. The average Bonchev–Trinajstić information content (AvgIpc) is 2.54. The van der Waals surface area contributed by atoms with Crippen molar-refractivity contribution in [2.45, 2.75) is 45.1 Å². The van der Waals surface area contributed by atoms with Gasteiger partial charge < -0.3 is 15.0 Å². The fraction of sp³-hybridized carbons (Fsp3) is 0.556. The van der Waals surface area contributed by atoms with Gasteiger partial charge in [0, 0.05) is 24.7 Å². The molecule has 0 saturated carbocycles. The van der Waals surface area contributed by atoms with Crippen LogP contribution in [0.2, 0.25) is 0 Å². The molecule has 0 bridgehead atoms. The van der Waals surface area contributed by atoms with Crippen LogP contribution in [-0.4, -0.2) is 43.1 Å². The predicted octanol–water partition coefficient (Wildman–Crippen LogP) is 2.94. The molecule has 2 amide bonds. The molecule has 23 heavy (non-hydrogen) atoms. The zero-order valence-electron chi connectivity index (χ0n) is 14.4. The summed E-state index contributed by atoms with van der Waals surface area (Å²) in [5, 5.41) is 2.79. The summed E-state index contributed by atoms with van der Waals surface area (Å²) in [7, 11) is 1.36. The average molecular weight is 318 g/mol. The van der Waals surface area contributed by atoms with E-state index in [0.717, 1.165) is 18.4 Å². The monoisotopic (exact) mass is 318 g/mol. The van der Waals surface area contributed by atoms with Crippen molar-refractivity contribution in [3.63, 3.8) is 0 Å². The molecule has 0 radical (unpaired) electrons. The second-order valence-corrected chi connectivity index (χ2v) is 7.03. The quantitative estimate of drug-likeness (QED) is 0.912. The lowest BCUT2D eigenvalue weighted by atomic mass is 9.86. The van der Waals surface area contributed by atoms with Crippen molar-refractivity contribution in [3.8, 4) is 0 Å². The third-order valence-corrected chi connectivity index (χ3v) is 4.29. The first kappa shape index (κ1) is 17.3. The molecule has 1 aromatic carbocycles. The van der Waals surface area contributed by atoms with Gasteiger partial charge in [-0.3, -0.25) is 4.79 Å². The molecule has 1 N–H and O–H groups in total. The van der Waals surface area contributed by atoms with Crippen molar-refractivity contribution in [2.24, 2.45) is 0 Å². The SMILES string of the molecule is COC(=O)NC1CCN(C(=O)c2ccc(C(C)(C)C)cc2)CC1. The number of carbonyl (C=O) groups excluding carboxylic acids is 2. The molecular formula is C18H26N2O3. The van der Waals surface area contributed by atoms with Crippen LogP contribution in [0.3, 0.4) is 0 Å². The minimum absolute atomic E-state index is 0.0574. The van der Waals surface area contributed by atoms with E-state index in [1.165, 1.54) is 12.7 Å². The van der Waals surface area contributed by atoms with Gasteiger partial charge in [0.25, 0.3) is 5.91 Å². The van der Waals surface area contributed by atoms with E-state index >= 15 is 0 Å². The van der Waals surface area contributed by atoms with Crippen LogP contribution in [0, 0.1) is 0 Å². The molecule has 1 heterocycles. The van der Waals surface area contributed by atoms with Crippen molar-refractivity contribution < 1.29 is 14.3 Å². The van der Waals surface area contributed by atoms with Crippen LogP contribution < -0.4 is 5.32 Å². The van der Waals surface area contributed by atoms with E-state index in [9.17, 15) is 9.59 Å². The maximum atomic E-state index is 12.6. The molecule has 1 aromatic rings. The highest BCUT2D eigenvalue weighted by Gasteiger charge is 2.25. The molecule has 1 fully saturated rings. The number of rotatable bonds is 2. The molecule has 5 heteroatoms. The van der Waals surface area contributed by atoms with Gasteiger partial charge in [-0.25, -0.2) is 4.79 Å². The van der Waals surface area contributed by atoms with Crippen molar-refractivity contribution in [3.05, 3.63) is 35.4 Å². The van der Waals surface area contributed by atoms with Gasteiger partial charge in [-0.15, -0.1) is 0 Å². The van der Waals surface area contributed by atoms with Gasteiger partial charge in [-0.2, -0.15) is 0 Å². The largest absolute Gasteiger partial charge is 0.453 e. The highest BCUT2D eigenvalue weighted by molar-refractivity contribution is 5.94. The smallest absolute Gasteiger partial charge is 0.407 e. The van der Waals surface area contributed by atoms with E-state index in [-0.39, 0.29) is 17.4 Å². The van der Waals surface area contributed by atoms with Gasteiger partial charge in [0.1, 0.15) is 0 Å². The topological polar surface area (TPSA) is 58.6 Å². The summed E-state index contributed by atoms with van der Waals surface area (Å²) in [6, 6.07) is 7.94. The second-order valence-electron chi connectivity index (χ2n) is 7.03. The van der Waals surface area contributed by atoms with Gasteiger partial charge in [0.2, 0.25) is 0 Å². The third kappa shape index (κ3) is 4.47. The Bertz CT molecular complexity index is 553. The van der Waals surface area contributed by atoms with Crippen LogP contribution in [0.1, 0.15) is 49.5 Å². The van der Waals surface area contributed by atoms with E-state index in [4.69, 9.17) is 0 Å². The van der Waals surface area contributed by atoms with Gasteiger partial charge >= 0.3 is 6.09 Å². The van der Waals surface area contributed by atoms with Crippen LogP contribution in [0.5, 0.6) is 0 Å². The Hall–Kier alpha value is -2.04. The number of amides is 2. The fourth-order valence-electron chi connectivity index (χ4n) is 2.75. The van der Waals surface area contributed by atoms with E-state index in [1.807, 2.05) is 29.2 Å². The molecule has 2 rings (SSSR count). The summed E-state index contributed by atoms with van der Waals surface area (Å²) >= 11 is 0. The normalized spacial score (nSPS) is 16.1. The summed E-state index contributed by atoms with van der Waals surface area (Å²) in [6.07, 6.45) is 1.09. The molecule has 126 valence electrons. The molecule has 0 unspecified atom stereocenters. The number of hydrogen-bond donors (Lipinski definition) is 1. The van der Waals surface area contributed by atoms with Crippen molar-refractivity contribution in [1.29, 1.82) is 0 Å². The fourth-order valence-corrected chi connectivity index (χ4v) is 2.75. The van der Waals surface area contributed by atoms with Crippen LogP contribution in [-0.2, 0) is 10.2 Å². The van der Waals surface area contributed by atoms with Crippen molar-refractivity contribution in [1.82, 2.24) is 10.2 Å². The Kier molecular flexibility index (Phi) is 5.29. The van der Waals surface area contributed by atoms with Gasteiger partial charge in [-0.05, 0) is 36.0 Å². The van der Waals surface area contributed by atoms with Gasteiger partial charge in [0.15, 0.2) is 0 Å². The molecular weight excluding hydrogens is 292 g/mol. The number of nitrogens with one attached hydrogen (secondary N) is 1. The first-order valence-corrected chi connectivity index (χ1v) is 8.05. The summed E-state index contributed by atoms with van der Waals surface area (Å²) in [5.41, 5.74) is 2.02. The lowest BCUT2D eigenvalue weighted by Gasteiger charge is -2.32. The molecule has 1 aliphatic rings. The molecule has 0 spiro atoms. The van der Waals surface area contributed by atoms with Crippen molar-refractivity contribution in [2.75, 3.05) is 20.2 Å². The molecule has 0 atom stereocenters. The summed E-state index contributed by atoms with van der Waals surface area (Å²) in [6.45, 7) is 7.76. The van der Waals surface area contributed by atoms with Crippen molar-refractivity contribution >= 4 is 12.0 Å². The van der Waals surface area contributed by atoms with Crippen LogP contribution in [0.4, 0.5) is 4.79 Å². The Labute approximate surface area is 138 Å². The Balaban J connectivity index is 1.93. The molecule has 5 nitrogen and oxygen atoms in total. The molecule has 0 aliphatic carbocycles. The lowest BCUT2D eigenvalue weighted by Crippen LogP contribution is -2.46. The number of hydrogen-bond acceptors (Lipinski definition) is 3. The maximum Gasteiger partial charge on any atom is 0.407 e. The predicted molar refractivity (Wildman–Crippen MR) is 89.6 cm³/mol. The van der Waals surface area contributed by atoms with E-state index in [1.54, 1.807) is 0 Å². The molecule has 1 aliphatic heterocycles. The maximum absolute atomic E-state index is 12.6. The number of carbonyl (C=O) groups is 2. The summed E-state index contributed by atoms with van der Waals surface area (Å²) in [4.78, 5) is 25.6. The van der Waals surface area contributed by atoms with E-state index in [0.29, 0.717) is 13.1 Å². The highest BCUT2D eigenvalue weighted by atomic mass is 16.5. The Morgan fingerprint density at radius 1 is 1.13 bits per heavy atom. The standard InChI is InChI=1S/C18H26N2O3/c1-18(2,3)14-7-5-13(6-8-14)16(21)20-11-9-15(10-12-20)19-17(22)23-4/h5-8,15H,9-12H2,1-4H3,(H,19,22). The Morgan fingerprint density at radius 3 is 2.17 bits per heavy atom. The number of methoxy groups -OCH3 is 1. The van der Waals surface area contributed by atoms with Crippen LogP contribution in [0.25, 0.3) is 0 Å². The zero-order chi connectivity index (χ0) is 17.0. The zero-order valence-corrected chi connectivity index (χ0v) is 14.4. The minimum atomic E-state index is -0.410. The van der Waals surface area contributed by atoms with E-state index in [2.05, 4.69) is 30.8 Å². The summed E-state index contributed by atoms with van der Waals surface area (Å²) in [5.74, 6) is 0.0574. The van der Waals surface area contributed by atoms with E-state index < -0.39 is 6.09 Å². The summed E-state index contributed by atoms with van der Waals surface area (Å²) < 4.78 is 4.60. The van der Waals surface area contributed by atoms with Crippen LogP contribution >= 0.6 is 0 Å². The third-order valence-electron chi connectivity index (χ3n) is 4.29. The highest BCUT2D eigenvalue weighted by Crippen LogP contribution is 2.23. The first-order chi connectivity index (χ1) is 10.8. The number of alkyl carbamates (subject to hydrolysis) is 1. The number of piperidine rings is 1. The number of ether oxygens (including phenoxy) is 1. The minimum Gasteiger partial charge on any atom is -0.453 e. The number of benzene rings is 1. The van der Waals surface area contributed by atoms with Gasteiger partial charge in [-0.1, -0.05) is 32.9 Å². The first-order valence-electron chi connectivity index (χ1n) is 8.05. The van der Waals surface area contributed by atoms with Crippen LogP contribution in [0.15, 0.2) is 24.3 Å². The van der Waals surface area contributed by atoms with Gasteiger partial charge in [0.05, 0.1) is 7.11 Å².